The zero-order chi connectivity index (χ0) is 14.7. The van der Waals surface area contributed by atoms with Crippen LogP contribution in [-0.2, 0) is 11.3 Å². The Balaban J connectivity index is 0.00000176. The molecule has 3 rings (SSSR count). The van der Waals surface area contributed by atoms with E-state index in [1.165, 1.54) is 12.1 Å². The molecule has 0 bridgehead atoms. The van der Waals surface area contributed by atoms with Gasteiger partial charge in [-0.15, -0.1) is 12.4 Å². The first-order valence-electron chi connectivity index (χ1n) is 7.09. The van der Waals surface area contributed by atoms with Crippen molar-refractivity contribution >= 4 is 12.4 Å². The van der Waals surface area contributed by atoms with E-state index in [0.29, 0.717) is 12.2 Å². The Morgan fingerprint density at radius 3 is 2.64 bits per heavy atom. The van der Waals surface area contributed by atoms with Crippen molar-refractivity contribution in [1.82, 2.24) is 5.32 Å². The summed E-state index contributed by atoms with van der Waals surface area (Å²) >= 11 is 0. The Bertz CT molecular complexity index is 630. The number of ether oxygens (including phenoxy) is 1. The summed E-state index contributed by atoms with van der Waals surface area (Å²) < 4.78 is 32.9. The smallest absolute Gasteiger partial charge is 0.133 e. The molecule has 118 valence electrons. The fourth-order valence-electron chi connectivity index (χ4n) is 2.59. The van der Waals surface area contributed by atoms with Gasteiger partial charge in [-0.1, -0.05) is 24.3 Å². The highest BCUT2D eigenvalue weighted by molar-refractivity contribution is 5.85. The van der Waals surface area contributed by atoms with Gasteiger partial charge >= 0.3 is 0 Å². The molecule has 1 heterocycles. The second-order valence-electron chi connectivity index (χ2n) is 5.21. The third-order valence-electron chi connectivity index (χ3n) is 3.73. The first-order chi connectivity index (χ1) is 10.2. The Morgan fingerprint density at radius 2 is 1.91 bits per heavy atom. The van der Waals surface area contributed by atoms with Gasteiger partial charge in [0.15, 0.2) is 0 Å². The zero-order valence-electron chi connectivity index (χ0n) is 12.0. The topological polar surface area (TPSA) is 21.3 Å². The minimum Gasteiger partial charge on any atom is -0.372 e. The minimum absolute atomic E-state index is 0. The van der Waals surface area contributed by atoms with Crippen LogP contribution in [-0.4, -0.2) is 19.2 Å². The summed E-state index contributed by atoms with van der Waals surface area (Å²) in [4.78, 5) is 0. The second kappa shape index (κ2) is 7.68. The largest absolute Gasteiger partial charge is 0.372 e. The zero-order valence-corrected chi connectivity index (χ0v) is 12.8. The Kier molecular flexibility index (Phi) is 5.89. The quantitative estimate of drug-likeness (QED) is 0.919. The number of hydrogen-bond donors (Lipinski definition) is 1. The first-order valence-corrected chi connectivity index (χ1v) is 7.09. The SMILES string of the molecule is Cl.Fc1ccc(-c2ccccc2COC2CCNC2)c(F)c1. The lowest BCUT2D eigenvalue weighted by molar-refractivity contribution is 0.0545. The van der Waals surface area contributed by atoms with Gasteiger partial charge in [0.2, 0.25) is 0 Å². The molecular formula is C17H18ClF2NO. The molecule has 1 aliphatic heterocycles. The van der Waals surface area contributed by atoms with Gasteiger partial charge in [-0.25, -0.2) is 8.78 Å². The van der Waals surface area contributed by atoms with Crippen molar-refractivity contribution < 1.29 is 13.5 Å². The number of halogens is 3. The van der Waals surface area contributed by atoms with Gasteiger partial charge in [0.25, 0.3) is 0 Å². The standard InChI is InChI=1S/C17H17F2NO.ClH/c18-13-5-6-16(17(19)9-13)15-4-2-1-3-12(15)11-21-14-7-8-20-10-14;/h1-6,9,14,20H,7-8,10-11H2;1H. The summed E-state index contributed by atoms with van der Waals surface area (Å²) in [6, 6.07) is 11.2. The fourth-order valence-corrected chi connectivity index (χ4v) is 2.59. The van der Waals surface area contributed by atoms with Crippen molar-refractivity contribution in [1.29, 1.82) is 0 Å². The first kappa shape index (κ1) is 16.9. The van der Waals surface area contributed by atoms with Crippen LogP contribution in [0.15, 0.2) is 42.5 Å². The van der Waals surface area contributed by atoms with E-state index in [2.05, 4.69) is 5.32 Å². The van der Waals surface area contributed by atoms with Crippen LogP contribution in [0.3, 0.4) is 0 Å². The average Bonchev–Trinajstić information content (AvgIpc) is 2.99. The normalized spacial score (nSPS) is 17.3. The lowest BCUT2D eigenvalue weighted by Gasteiger charge is -2.14. The summed E-state index contributed by atoms with van der Waals surface area (Å²) in [5.41, 5.74) is 2.07. The highest BCUT2D eigenvalue weighted by Crippen LogP contribution is 2.27. The van der Waals surface area contributed by atoms with E-state index in [9.17, 15) is 8.78 Å². The van der Waals surface area contributed by atoms with Crippen LogP contribution in [0.4, 0.5) is 8.78 Å². The van der Waals surface area contributed by atoms with E-state index in [4.69, 9.17) is 4.74 Å². The molecule has 0 aromatic heterocycles. The van der Waals surface area contributed by atoms with Crippen LogP contribution in [0.1, 0.15) is 12.0 Å². The van der Waals surface area contributed by atoms with E-state index in [1.807, 2.05) is 24.3 Å². The molecule has 1 aliphatic rings. The van der Waals surface area contributed by atoms with Crippen molar-refractivity contribution in [3.63, 3.8) is 0 Å². The van der Waals surface area contributed by atoms with Crippen molar-refractivity contribution in [2.45, 2.75) is 19.1 Å². The van der Waals surface area contributed by atoms with Crippen LogP contribution in [0.5, 0.6) is 0 Å². The van der Waals surface area contributed by atoms with Gasteiger partial charge < -0.3 is 10.1 Å². The van der Waals surface area contributed by atoms with E-state index in [1.54, 1.807) is 0 Å². The van der Waals surface area contributed by atoms with E-state index < -0.39 is 11.6 Å². The number of benzene rings is 2. The molecule has 1 fully saturated rings. The summed E-state index contributed by atoms with van der Waals surface area (Å²) in [6.45, 7) is 2.26. The van der Waals surface area contributed by atoms with Crippen LogP contribution < -0.4 is 5.32 Å². The number of rotatable bonds is 4. The summed E-state index contributed by atoms with van der Waals surface area (Å²) in [5, 5.41) is 3.24. The van der Waals surface area contributed by atoms with Crippen LogP contribution in [0, 0.1) is 11.6 Å². The van der Waals surface area contributed by atoms with Crippen LogP contribution in [0.25, 0.3) is 11.1 Å². The second-order valence-corrected chi connectivity index (χ2v) is 5.21. The van der Waals surface area contributed by atoms with Gasteiger partial charge in [0, 0.05) is 18.2 Å². The van der Waals surface area contributed by atoms with Crippen molar-refractivity contribution in [3.05, 3.63) is 59.7 Å². The molecule has 0 aliphatic carbocycles. The molecule has 5 heteroatoms. The maximum absolute atomic E-state index is 14.0. The van der Waals surface area contributed by atoms with Crippen molar-refractivity contribution in [2.75, 3.05) is 13.1 Å². The lowest BCUT2D eigenvalue weighted by Crippen LogP contribution is -2.16. The lowest BCUT2D eigenvalue weighted by atomic mass is 9.99. The van der Waals surface area contributed by atoms with Gasteiger partial charge in [-0.2, -0.15) is 0 Å². The molecule has 0 amide bonds. The number of nitrogens with one attached hydrogen (secondary N) is 1. The third-order valence-corrected chi connectivity index (χ3v) is 3.73. The van der Waals surface area contributed by atoms with Gasteiger partial charge in [-0.05, 0) is 36.2 Å². The highest BCUT2D eigenvalue weighted by Gasteiger charge is 2.16. The van der Waals surface area contributed by atoms with Crippen LogP contribution >= 0.6 is 12.4 Å². The third kappa shape index (κ3) is 3.83. The maximum Gasteiger partial charge on any atom is 0.133 e. The van der Waals surface area contributed by atoms with E-state index in [-0.39, 0.29) is 18.5 Å². The Labute approximate surface area is 134 Å². The fraction of sp³-hybridized carbons (Fsp3) is 0.294. The van der Waals surface area contributed by atoms with E-state index >= 15 is 0 Å². The maximum atomic E-state index is 14.0. The molecule has 1 atom stereocenters. The summed E-state index contributed by atoms with van der Waals surface area (Å²) in [6.07, 6.45) is 1.20. The molecule has 0 spiro atoms. The molecule has 1 N–H and O–H groups in total. The predicted molar refractivity (Wildman–Crippen MR) is 85.1 cm³/mol. The molecule has 2 aromatic rings. The molecule has 22 heavy (non-hydrogen) atoms. The molecular weight excluding hydrogens is 308 g/mol. The Hall–Kier alpha value is -1.49. The van der Waals surface area contributed by atoms with Gasteiger partial charge in [0.1, 0.15) is 11.6 Å². The number of hydrogen-bond acceptors (Lipinski definition) is 2. The molecule has 1 unspecified atom stereocenters. The van der Waals surface area contributed by atoms with Gasteiger partial charge in [-0.3, -0.25) is 0 Å². The highest BCUT2D eigenvalue weighted by atomic mass is 35.5. The van der Waals surface area contributed by atoms with E-state index in [0.717, 1.165) is 36.7 Å². The van der Waals surface area contributed by atoms with Crippen molar-refractivity contribution in [2.24, 2.45) is 0 Å². The van der Waals surface area contributed by atoms with Crippen LogP contribution in [0.2, 0.25) is 0 Å². The van der Waals surface area contributed by atoms with Crippen molar-refractivity contribution in [3.8, 4) is 11.1 Å². The molecule has 2 nitrogen and oxygen atoms in total. The monoisotopic (exact) mass is 325 g/mol. The Morgan fingerprint density at radius 1 is 1.09 bits per heavy atom. The molecule has 0 saturated carbocycles. The summed E-state index contributed by atoms with van der Waals surface area (Å²) in [5.74, 6) is -1.12. The minimum atomic E-state index is -0.568. The molecule has 1 saturated heterocycles. The summed E-state index contributed by atoms with van der Waals surface area (Å²) in [7, 11) is 0. The van der Waals surface area contributed by atoms with Gasteiger partial charge in [0.05, 0.1) is 12.7 Å². The average molecular weight is 326 g/mol. The molecule has 2 aromatic carbocycles. The molecule has 0 radical (unpaired) electrons. The predicted octanol–water partition coefficient (Wildman–Crippen LogP) is 3.93.